The van der Waals surface area contributed by atoms with Gasteiger partial charge in [0.15, 0.2) is 0 Å². The molecular formula is C15H20N4. The van der Waals surface area contributed by atoms with Gasteiger partial charge in [0.25, 0.3) is 0 Å². The molecule has 0 spiro atoms. The van der Waals surface area contributed by atoms with Gasteiger partial charge >= 0.3 is 0 Å². The third kappa shape index (κ3) is 1.97. The third-order valence-corrected chi connectivity index (χ3v) is 4.34. The molecule has 1 saturated carbocycles. The van der Waals surface area contributed by atoms with Gasteiger partial charge in [-0.25, -0.2) is 0 Å². The molecule has 0 amide bonds. The number of hydrazine groups is 1. The van der Waals surface area contributed by atoms with Crippen molar-refractivity contribution in [2.24, 2.45) is 12.9 Å². The first-order valence-electron chi connectivity index (χ1n) is 6.77. The summed E-state index contributed by atoms with van der Waals surface area (Å²) in [5.74, 6) is 5.85. The zero-order chi connectivity index (χ0) is 13.3. The second kappa shape index (κ2) is 4.79. The molecule has 1 unspecified atom stereocenters. The first-order chi connectivity index (χ1) is 9.26. The molecule has 0 radical (unpaired) electrons. The average Bonchev–Trinajstić information content (AvgIpc) is 2.81. The minimum Gasteiger partial charge on any atom is -0.275 e. The van der Waals surface area contributed by atoms with Crippen LogP contribution in [-0.2, 0) is 12.5 Å². The summed E-state index contributed by atoms with van der Waals surface area (Å²) in [5, 5.41) is 4.53. The lowest BCUT2D eigenvalue weighted by Crippen LogP contribution is -2.49. The molecule has 100 valence electrons. The highest BCUT2D eigenvalue weighted by Gasteiger charge is 2.46. The van der Waals surface area contributed by atoms with E-state index in [0.717, 1.165) is 18.5 Å². The van der Waals surface area contributed by atoms with Crippen LogP contribution < -0.4 is 11.3 Å². The molecular weight excluding hydrogens is 236 g/mol. The van der Waals surface area contributed by atoms with Crippen molar-refractivity contribution in [3.05, 3.63) is 53.9 Å². The molecule has 1 aromatic heterocycles. The standard InChI is InChI=1S/C15H20N4/c1-19-11-8-13(18-19)14(17-16)15(9-5-10-15)12-6-3-2-4-7-12/h2-4,6-8,11,14,17H,5,9-10,16H2,1H3. The fourth-order valence-corrected chi connectivity index (χ4v) is 3.19. The van der Waals surface area contributed by atoms with Crippen molar-refractivity contribution in [3.63, 3.8) is 0 Å². The molecule has 2 aromatic rings. The second-order valence-electron chi connectivity index (χ2n) is 5.39. The summed E-state index contributed by atoms with van der Waals surface area (Å²) >= 11 is 0. The summed E-state index contributed by atoms with van der Waals surface area (Å²) in [6.07, 6.45) is 5.53. The minimum atomic E-state index is 0.0739. The fourth-order valence-electron chi connectivity index (χ4n) is 3.19. The number of hydrogen-bond acceptors (Lipinski definition) is 3. The summed E-state index contributed by atoms with van der Waals surface area (Å²) in [5.41, 5.74) is 5.46. The lowest BCUT2D eigenvalue weighted by molar-refractivity contribution is 0.166. The van der Waals surface area contributed by atoms with Gasteiger partial charge in [-0.1, -0.05) is 36.8 Å². The Bertz CT molecular complexity index is 542. The van der Waals surface area contributed by atoms with Crippen molar-refractivity contribution in [3.8, 4) is 0 Å². The fraction of sp³-hybridized carbons (Fsp3) is 0.400. The Morgan fingerprint density at radius 2 is 2.00 bits per heavy atom. The summed E-state index contributed by atoms with van der Waals surface area (Å²) in [6, 6.07) is 12.8. The number of nitrogens with zero attached hydrogens (tertiary/aromatic N) is 2. The van der Waals surface area contributed by atoms with Crippen LogP contribution >= 0.6 is 0 Å². The van der Waals surface area contributed by atoms with Crippen LogP contribution in [0.5, 0.6) is 0 Å². The number of aromatic nitrogens is 2. The number of nitrogens with one attached hydrogen (secondary N) is 1. The Balaban J connectivity index is 2.01. The van der Waals surface area contributed by atoms with Crippen LogP contribution in [0.4, 0.5) is 0 Å². The first kappa shape index (κ1) is 12.4. The van der Waals surface area contributed by atoms with Crippen molar-refractivity contribution in [1.29, 1.82) is 0 Å². The van der Waals surface area contributed by atoms with E-state index in [-0.39, 0.29) is 11.5 Å². The van der Waals surface area contributed by atoms with E-state index < -0.39 is 0 Å². The van der Waals surface area contributed by atoms with E-state index in [0.29, 0.717) is 0 Å². The largest absolute Gasteiger partial charge is 0.275 e. The summed E-state index contributed by atoms with van der Waals surface area (Å²) < 4.78 is 1.83. The second-order valence-corrected chi connectivity index (χ2v) is 5.39. The predicted octanol–water partition coefficient (Wildman–Crippen LogP) is 2.05. The van der Waals surface area contributed by atoms with Crippen molar-refractivity contribution in [1.82, 2.24) is 15.2 Å². The number of rotatable bonds is 4. The van der Waals surface area contributed by atoms with Gasteiger partial charge < -0.3 is 0 Å². The molecule has 1 aliphatic carbocycles. The minimum absolute atomic E-state index is 0.0739. The van der Waals surface area contributed by atoms with E-state index in [4.69, 9.17) is 5.84 Å². The van der Waals surface area contributed by atoms with Crippen LogP contribution in [0.1, 0.15) is 36.6 Å². The number of hydrogen-bond donors (Lipinski definition) is 2. The van der Waals surface area contributed by atoms with Crippen molar-refractivity contribution >= 4 is 0 Å². The molecule has 0 saturated heterocycles. The highest BCUT2D eigenvalue weighted by molar-refractivity contribution is 5.33. The van der Waals surface area contributed by atoms with E-state index in [1.54, 1.807) is 0 Å². The van der Waals surface area contributed by atoms with Crippen LogP contribution in [-0.4, -0.2) is 9.78 Å². The van der Waals surface area contributed by atoms with Crippen molar-refractivity contribution in [2.75, 3.05) is 0 Å². The summed E-state index contributed by atoms with van der Waals surface area (Å²) in [7, 11) is 1.94. The number of aryl methyl sites for hydroxylation is 1. The van der Waals surface area contributed by atoms with Gasteiger partial charge in [0.2, 0.25) is 0 Å². The van der Waals surface area contributed by atoms with Crippen LogP contribution in [0.3, 0.4) is 0 Å². The molecule has 3 rings (SSSR count). The third-order valence-electron chi connectivity index (χ3n) is 4.34. The highest BCUT2D eigenvalue weighted by atomic mass is 15.3. The molecule has 0 bridgehead atoms. The lowest BCUT2D eigenvalue weighted by atomic mass is 9.59. The van der Waals surface area contributed by atoms with Crippen molar-refractivity contribution in [2.45, 2.75) is 30.7 Å². The Morgan fingerprint density at radius 1 is 1.26 bits per heavy atom. The van der Waals surface area contributed by atoms with Crippen LogP contribution in [0, 0.1) is 0 Å². The SMILES string of the molecule is Cn1ccc(C(NN)C2(c3ccccc3)CCC2)n1. The number of nitrogens with two attached hydrogens (primary N) is 1. The maximum absolute atomic E-state index is 5.85. The summed E-state index contributed by atoms with van der Waals surface area (Å²) in [6.45, 7) is 0. The van der Waals surface area contributed by atoms with Gasteiger partial charge in [0.1, 0.15) is 0 Å². The number of benzene rings is 1. The topological polar surface area (TPSA) is 55.9 Å². The van der Waals surface area contributed by atoms with Gasteiger partial charge in [0, 0.05) is 18.7 Å². The molecule has 19 heavy (non-hydrogen) atoms. The van der Waals surface area contributed by atoms with Crippen LogP contribution in [0.25, 0.3) is 0 Å². The Kier molecular flexibility index (Phi) is 3.12. The summed E-state index contributed by atoms with van der Waals surface area (Å²) in [4.78, 5) is 0. The molecule has 4 nitrogen and oxygen atoms in total. The molecule has 1 aliphatic rings. The Hall–Kier alpha value is -1.65. The van der Waals surface area contributed by atoms with E-state index >= 15 is 0 Å². The molecule has 3 N–H and O–H groups in total. The quantitative estimate of drug-likeness (QED) is 0.650. The molecule has 1 fully saturated rings. The molecule has 4 heteroatoms. The Morgan fingerprint density at radius 3 is 2.47 bits per heavy atom. The normalized spacial score (nSPS) is 18.8. The maximum Gasteiger partial charge on any atom is 0.0816 e. The van der Waals surface area contributed by atoms with E-state index in [1.807, 2.05) is 24.0 Å². The average molecular weight is 256 g/mol. The lowest BCUT2D eigenvalue weighted by Gasteiger charge is -2.47. The van der Waals surface area contributed by atoms with E-state index in [9.17, 15) is 0 Å². The molecule has 1 aromatic carbocycles. The molecule has 1 heterocycles. The highest BCUT2D eigenvalue weighted by Crippen LogP contribution is 2.51. The van der Waals surface area contributed by atoms with Crippen LogP contribution in [0.15, 0.2) is 42.6 Å². The first-order valence-corrected chi connectivity index (χ1v) is 6.77. The van der Waals surface area contributed by atoms with E-state index in [1.165, 1.54) is 12.0 Å². The van der Waals surface area contributed by atoms with Gasteiger partial charge in [-0.2, -0.15) is 5.10 Å². The smallest absolute Gasteiger partial charge is 0.0816 e. The van der Waals surface area contributed by atoms with Gasteiger partial charge in [-0.3, -0.25) is 16.0 Å². The molecule has 0 aliphatic heterocycles. The molecule has 1 atom stereocenters. The monoisotopic (exact) mass is 256 g/mol. The zero-order valence-electron chi connectivity index (χ0n) is 11.2. The Labute approximate surface area is 113 Å². The van der Waals surface area contributed by atoms with Gasteiger partial charge in [-0.15, -0.1) is 0 Å². The predicted molar refractivity (Wildman–Crippen MR) is 75.2 cm³/mol. The zero-order valence-corrected chi connectivity index (χ0v) is 11.2. The van der Waals surface area contributed by atoms with Crippen molar-refractivity contribution < 1.29 is 0 Å². The van der Waals surface area contributed by atoms with Gasteiger partial charge in [-0.05, 0) is 24.5 Å². The van der Waals surface area contributed by atoms with E-state index in [2.05, 4.69) is 40.9 Å². The van der Waals surface area contributed by atoms with Crippen LogP contribution in [0.2, 0.25) is 0 Å². The maximum atomic E-state index is 5.85. The van der Waals surface area contributed by atoms with Gasteiger partial charge in [0.05, 0.1) is 11.7 Å².